The van der Waals surface area contributed by atoms with Gasteiger partial charge in [0.25, 0.3) is 5.91 Å². The molecule has 2 fully saturated rings. The van der Waals surface area contributed by atoms with Gasteiger partial charge < -0.3 is 15.5 Å². The summed E-state index contributed by atoms with van der Waals surface area (Å²) in [5.41, 5.74) is 10.2. The number of carbonyl (C=O) groups is 1. The van der Waals surface area contributed by atoms with Gasteiger partial charge in [-0.25, -0.2) is 0 Å². The van der Waals surface area contributed by atoms with Crippen LogP contribution in [0.5, 0.6) is 0 Å². The van der Waals surface area contributed by atoms with Crippen molar-refractivity contribution in [3.63, 3.8) is 0 Å². The van der Waals surface area contributed by atoms with Crippen molar-refractivity contribution in [2.24, 2.45) is 0 Å². The fourth-order valence-corrected chi connectivity index (χ4v) is 4.34. The van der Waals surface area contributed by atoms with E-state index in [1.54, 1.807) is 11.0 Å². The number of nitrogen functional groups attached to an aromatic ring is 1. The number of hydrogen-bond acceptors (Lipinski definition) is 6. The standard InChI is InChI=1S/C24H32N6O/c1-28-9-11-30(12-10-28)24(31)23(26)21-14-19(5-6-22(21)25)20-13-18(15-27-16-20)17-29-7-3-2-4-8-29/h5-6,13-16,26H,2-4,7-12,17,25H2,1H3. The van der Waals surface area contributed by atoms with Crippen LogP contribution in [0.15, 0.2) is 36.7 Å². The molecule has 164 valence electrons. The van der Waals surface area contributed by atoms with Crippen molar-refractivity contribution in [1.82, 2.24) is 19.7 Å². The highest BCUT2D eigenvalue weighted by molar-refractivity contribution is 6.45. The molecule has 2 aliphatic rings. The minimum Gasteiger partial charge on any atom is -0.398 e. The number of aromatic nitrogens is 1. The molecule has 0 radical (unpaired) electrons. The predicted octanol–water partition coefficient (Wildman–Crippen LogP) is 2.46. The Labute approximate surface area is 184 Å². The molecule has 0 bridgehead atoms. The number of anilines is 1. The molecule has 3 N–H and O–H groups in total. The number of likely N-dealkylation sites (N-methyl/N-ethyl adjacent to an activating group) is 1. The van der Waals surface area contributed by atoms with E-state index in [2.05, 4.69) is 20.9 Å². The van der Waals surface area contributed by atoms with Gasteiger partial charge in [0.1, 0.15) is 5.71 Å². The Kier molecular flexibility index (Phi) is 6.63. The smallest absolute Gasteiger partial charge is 0.272 e. The number of nitrogens with zero attached hydrogens (tertiary/aromatic N) is 4. The first-order valence-electron chi connectivity index (χ1n) is 11.1. The van der Waals surface area contributed by atoms with Crippen molar-refractivity contribution in [3.8, 4) is 11.1 Å². The first-order valence-corrected chi connectivity index (χ1v) is 11.1. The highest BCUT2D eigenvalue weighted by Crippen LogP contribution is 2.25. The molecular formula is C24H32N6O. The zero-order valence-electron chi connectivity index (χ0n) is 18.3. The lowest BCUT2D eigenvalue weighted by Crippen LogP contribution is -2.49. The number of rotatable bonds is 5. The van der Waals surface area contributed by atoms with Gasteiger partial charge in [0.15, 0.2) is 0 Å². The normalized spacial score (nSPS) is 18.2. The van der Waals surface area contributed by atoms with Crippen molar-refractivity contribution in [3.05, 3.63) is 47.8 Å². The number of carbonyl (C=O) groups excluding carboxylic acids is 1. The summed E-state index contributed by atoms with van der Waals surface area (Å²) in [5.74, 6) is -0.256. The van der Waals surface area contributed by atoms with E-state index in [1.807, 2.05) is 31.6 Å². The number of piperazine rings is 1. The molecule has 3 heterocycles. The lowest BCUT2D eigenvalue weighted by molar-refractivity contribution is -0.125. The Morgan fingerprint density at radius 1 is 1.00 bits per heavy atom. The number of amides is 1. The third kappa shape index (κ3) is 5.11. The average Bonchev–Trinajstić information content (AvgIpc) is 2.80. The van der Waals surface area contributed by atoms with Gasteiger partial charge in [-0.2, -0.15) is 0 Å². The molecule has 0 saturated carbocycles. The first-order chi connectivity index (χ1) is 15.0. The van der Waals surface area contributed by atoms with E-state index in [0.29, 0.717) is 24.3 Å². The second-order valence-corrected chi connectivity index (χ2v) is 8.69. The molecule has 7 nitrogen and oxygen atoms in total. The molecular weight excluding hydrogens is 388 g/mol. The monoisotopic (exact) mass is 420 g/mol. The van der Waals surface area contributed by atoms with Crippen LogP contribution in [0.4, 0.5) is 5.69 Å². The molecule has 1 aromatic carbocycles. The van der Waals surface area contributed by atoms with Crippen LogP contribution in [0.25, 0.3) is 11.1 Å². The van der Waals surface area contributed by atoms with Gasteiger partial charge in [-0.15, -0.1) is 0 Å². The first kappa shape index (κ1) is 21.5. The van der Waals surface area contributed by atoms with Crippen LogP contribution in [0, 0.1) is 5.41 Å². The summed E-state index contributed by atoms with van der Waals surface area (Å²) in [6.07, 6.45) is 7.60. The zero-order chi connectivity index (χ0) is 21.8. The highest BCUT2D eigenvalue weighted by atomic mass is 16.2. The molecule has 0 unspecified atom stereocenters. The van der Waals surface area contributed by atoms with Gasteiger partial charge in [-0.1, -0.05) is 12.5 Å². The van der Waals surface area contributed by atoms with Gasteiger partial charge >= 0.3 is 0 Å². The number of pyridine rings is 1. The Morgan fingerprint density at radius 2 is 1.74 bits per heavy atom. The molecule has 0 spiro atoms. The third-order valence-electron chi connectivity index (χ3n) is 6.31. The number of benzene rings is 1. The maximum atomic E-state index is 12.9. The summed E-state index contributed by atoms with van der Waals surface area (Å²) in [4.78, 5) is 23.7. The van der Waals surface area contributed by atoms with Gasteiger partial charge in [-0.05, 0) is 62.3 Å². The van der Waals surface area contributed by atoms with Crippen molar-refractivity contribution in [2.75, 3.05) is 52.0 Å². The van der Waals surface area contributed by atoms with Crippen molar-refractivity contribution >= 4 is 17.3 Å². The maximum Gasteiger partial charge on any atom is 0.272 e. The topological polar surface area (TPSA) is 89.6 Å². The Hall–Kier alpha value is -2.77. The molecule has 0 aliphatic carbocycles. The van der Waals surface area contributed by atoms with Crippen LogP contribution in [0.1, 0.15) is 30.4 Å². The van der Waals surface area contributed by atoms with E-state index < -0.39 is 0 Å². The number of likely N-dealkylation sites (tertiary alicyclic amines) is 1. The average molecular weight is 421 g/mol. The van der Waals surface area contributed by atoms with Crippen molar-refractivity contribution < 1.29 is 4.79 Å². The molecule has 0 atom stereocenters. The Balaban J connectivity index is 1.53. The van der Waals surface area contributed by atoms with E-state index >= 15 is 0 Å². The van der Waals surface area contributed by atoms with Crippen LogP contribution in [0.2, 0.25) is 0 Å². The van der Waals surface area contributed by atoms with Crippen molar-refractivity contribution in [2.45, 2.75) is 25.8 Å². The van der Waals surface area contributed by atoms with Crippen LogP contribution in [0.3, 0.4) is 0 Å². The van der Waals surface area contributed by atoms with E-state index in [9.17, 15) is 4.79 Å². The lowest BCUT2D eigenvalue weighted by atomic mass is 9.98. The van der Waals surface area contributed by atoms with E-state index in [-0.39, 0.29) is 11.6 Å². The number of hydrogen-bond donors (Lipinski definition) is 2. The van der Waals surface area contributed by atoms with E-state index in [0.717, 1.165) is 43.9 Å². The van der Waals surface area contributed by atoms with Crippen LogP contribution < -0.4 is 5.73 Å². The van der Waals surface area contributed by atoms with E-state index in [1.165, 1.54) is 24.8 Å². The number of piperidine rings is 1. The summed E-state index contributed by atoms with van der Waals surface area (Å²) in [6, 6.07) is 7.73. The molecule has 2 aliphatic heterocycles. The SMILES string of the molecule is CN1CCN(C(=O)C(=N)c2cc(-c3cncc(CN4CCCCC4)c3)ccc2N)CC1. The second kappa shape index (κ2) is 9.58. The summed E-state index contributed by atoms with van der Waals surface area (Å²) >= 11 is 0. The zero-order valence-corrected chi connectivity index (χ0v) is 18.3. The Morgan fingerprint density at radius 3 is 2.48 bits per heavy atom. The highest BCUT2D eigenvalue weighted by Gasteiger charge is 2.24. The molecule has 2 saturated heterocycles. The Bertz CT molecular complexity index is 945. The summed E-state index contributed by atoms with van der Waals surface area (Å²) < 4.78 is 0. The molecule has 1 aromatic heterocycles. The summed E-state index contributed by atoms with van der Waals surface area (Å²) in [6.45, 7) is 6.11. The van der Waals surface area contributed by atoms with Crippen LogP contribution in [-0.2, 0) is 11.3 Å². The largest absolute Gasteiger partial charge is 0.398 e. The molecule has 1 amide bonds. The lowest BCUT2D eigenvalue weighted by Gasteiger charge is -2.32. The maximum absolute atomic E-state index is 12.9. The van der Waals surface area contributed by atoms with E-state index in [4.69, 9.17) is 11.1 Å². The minimum atomic E-state index is -0.256. The molecule has 7 heteroatoms. The van der Waals surface area contributed by atoms with Crippen molar-refractivity contribution in [1.29, 1.82) is 5.41 Å². The second-order valence-electron chi connectivity index (χ2n) is 8.69. The number of nitrogens with one attached hydrogen (secondary N) is 1. The fraction of sp³-hybridized carbons (Fsp3) is 0.458. The summed E-state index contributed by atoms with van der Waals surface area (Å²) in [5, 5.41) is 8.53. The predicted molar refractivity (Wildman–Crippen MR) is 124 cm³/mol. The van der Waals surface area contributed by atoms with Crippen LogP contribution >= 0.6 is 0 Å². The molecule has 2 aromatic rings. The molecule has 31 heavy (non-hydrogen) atoms. The summed E-state index contributed by atoms with van der Waals surface area (Å²) in [7, 11) is 2.04. The van der Waals surface area contributed by atoms with Crippen LogP contribution in [-0.4, -0.2) is 77.6 Å². The van der Waals surface area contributed by atoms with Gasteiger partial charge in [0.05, 0.1) is 0 Å². The third-order valence-corrected chi connectivity index (χ3v) is 6.31. The van der Waals surface area contributed by atoms with Gasteiger partial charge in [-0.3, -0.25) is 20.1 Å². The fourth-order valence-electron chi connectivity index (χ4n) is 4.34. The molecule has 4 rings (SSSR count). The number of nitrogens with two attached hydrogens (primary N) is 1. The van der Waals surface area contributed by atoms with Gasteiger partial charge in [0, 0.05) is 61.9 Å². The quantitative estimate of drug-likeness (QED) is 0.573. The minimum absolute atomic E-state index is 0.0404. The van der Waals surface area contributed by atoms with Gasteiger partial charge in [0.2, 0.25) is 0 Å².